The van der Waals surface area contributed by atoms with Gasteiger partial charge in [0.2, 0.25) is 0 Å². The number of hydrogen-bond acceptors (Lipinski definition) is 0. The van der Waals surface area contributed by atoms with E-state index in [2.05, 4.69) is 31.9 Å². The molecular formula is C22H25F. The molecule has 23 heavy (non-hydrogen) atoms. The Balaban J connectivity index is 2.08. The summed E-state index contributed by atoms with van der Waals surface area (Å²) in [6, 6.07) is 5.49. The van der Waals surface area contributed by atoms with E-state index < -0.39 is 0 Å². The molecule has 0 saturated heterocycles. The second-order valence-corrected chi connectivity index (χ2v) is 6.65. The summed E-state index contributed by atoms with van der Waals surface area (Å²) in [5.74, 6) is 6.83. The van der Waals surface area contributed by atoms with Gasteiger partial charge in [0, 0.05) is 5.57 Å². The highest BCUT2D eigenvalue weighted by Gasteiger charge is 2.20. The lowest BCUT2D eigenvalue weighted by molar-refractivity contribution is 0.347. The highest BCUT2D eigenvalue weighted by Crippen LogP contribution is 2.35. The van der Waals surface area contributed by atoms with Crippen molar-refractivity contribution in [2.75, 3.05) is 0 Å². The molecule has 0 N–H and O–H groups in total. The van der Waals surface area contributed by atoms with E-state index in [1.807, 2.05) is 19.1 Å². The third kappa shape index (κ3) is 5.25. The molecule has 0 heterocycles. The van der Waals surface area contributed by atoms with Gasteiger partial charge in [0.25, 0.3) is 0 Å². The van der Waals surface area contributed by atoms with Gasteiger partial charge in [-0.05, 0) is 55.4 Å². The van der Waals surface area contributed by atoms with Crippen LogP contribution in [0.25, 0.3) is 0 Å². The molecule has 1 aromatic rings. The van der Waals surface area contributed by atoms with Crippen molar-refractivity contribution in [2.24, 2.45) is 5.92 Å². The quantitative estimate of drug-likeness (QED) is 0.463. The molecule has 0 unspecified atom stereocenters. The van der Waals surface area contributed by atoms with E-state index in [1.54, 1.807) is 18.2 Å². The highest BCUT2D eigenvalue weighted by molar-refractivity contribution is 5.46. The zero-order valence-corrected chi connectivity index (χ0v) is 14.2. The summed E-state index contributed by atoms with van der Waals surface area (Å²) in [6.07, 6.45) is 8.44. The van der Waals surface area contributed by atoms with Crippen LogP contribution in [0.4, 0.5) is 4.39 Å². The Kier molecular flexibility index (Phi) is 5.99. The number of hydrogen-bond donors (Lipinski definition) is 0. The summed E-state index contributed by atoms with van der Waals surface area (Å²) in [5, 5.41) is 0. The second-order valence-electron chi connectivity index (χ2n) is 6.65. The first-order valence-electron chi connectivity index (χ1n) is 8.29. The van der Waals surface area contributed by atoms with E-state index in [1.165, 1.54) is 12.8 Å². The number of allylic oxidation sites excluding steroid dienone is 4. The van der Waals surface area contributed by atoms with Crippen LogP contribution < -0.4 is 0 Å². The molecule has 0 amide bonds. The normalized spacial score (nSPS) is 20.8. The molecule has 0 spiro atoms. The Morgan fingerprint density at radius 3 is 2.48 bits per heavy atom. The van der Waals surface area contributed by atoms with Gasteiger partial charge in [-0.15, -0.1) is 0 Å². The predicted molar refractivity (Wildman–Crippen MR) is 96.7 cm³/mol. The van der Waals surface area contributed by atoms with E-state index in [9.17, 15) is 4.39 Å². The maximum Gasteiger partial charge on any atom is 0.139 e. The van der Waals surface area contributed by atoms with Crippen LogP contribution in [0.1, 0.15) is 56.6 Å². The van der Waals surface area contributed by atoms with Gasteiger partial charge in [0.15, 0.2) is 0 Å². The average Bonchev–Trinajstić information content (AvgIpc) is 2.52. The molecule has 0 aliphatic heterocycles. The number of benzene rings is 1. The van der Waals surface area contributed by atoms with Crippen molar-refractivity contribution in [1.29, 1.82) is 0 Å². The van der Waals surface area contributed by atoms with Crippen LogP contribution in [0, 0.1) is 23.6 Å². The third-order valence-electron chi connectivity index (χ3n) is 4.41. The zero-order valence-electron chi connectivity index (χ0n) is 14.2. The SMILES string of the molecule is C=C(C)/C=C\C(=C)C#Cc1ccc(C2CCC(C)CC2)cc1F. The van der Waals surface area contributed by atoms with Gasteiger partial charge in [-0.1, -0.05) is 62.5 Å². The summed E-state index contributed by atoms with van der Waals surface area (Å²) >= 11 is 0. The van der Waals surface area contributed by atoms with Crippen LogP contribution in [0.2, 0.25) is 0 Å². The first kappa shape index (κ1) is 17.3. The summed E-state index contributed by atoms with van der Waals surface area (Å²) < 4.78 is 14.3. The molecule has 2 rings (SSSR count). The molecular weight excluding hydrogens is 283 g/mol. The van der Waals surface area contributed by atoms with Crippen LogP contribution in [0.5, 0.6) is 0 Å². The van der Waals surface area contributed by atoms with Crippen molar-refractivity contribution in [3.05, 3.63) is 71.6 Å². The molecule has 0 aromatic heterocycles. The van der Waals surface area contributed by atoms with E-state index in [0.29, 0.717) is 17.1 Å². The Morgan fingerprint density at radius 2 is 1.87 bits per heavy atom. The van der Waals surface area contributed by atoms with Crippen molar-refractivity contribution in [3.8, 4) is 11.8 Å². The van der Waals surface area contributed by atoms with Gasteiger partial charge >= 0.3 is 0 Å². The van der Waals surface area contributed by atoms with Gasteiger partial charge in [0.05, 0.1) is 5.56 Å². The minimum Gasteiger partial charge on any atom is -0.206 e. The van der Waals surface area contributed by atoms with Crippen LogP contribution >= 0.6 is 0 Å². The number of halogens is 1. The lowest BCUT2D eigenvalue weighted by atomic mass is 9.79. The van der Waals surface area contributed by atoms with Crippen molar-refractivity contribution < 1.29 is 4.39 Å². The van der Waals surface area contributed by atoms with Crippen molar-refractivity contribution >= 4 is 0 Å². The lowest BCUT2D eigenvalue weighted by Crippen LogP contribution is -2.11. The molecule has 120 valence electrons. The molecule has 0 atom stereocenters. The maximum absolute atomic E-state index is 14.3. The smallest absolute Gasteiger partial charge is 0.139 e. The van der Waals surface area contributed by atoms with E-state index in [0.717, 1.165) is 29.9 Å². The van der Waals surface area contributed by atoms with Crippen molar-refractivity contribution in [1.82, 2.24) is 0 Å². The van der Waals surface area contributed by atoms with Crippen LogP contribution in [-0.2, 0) is 0 Å². The van der Waals surface area contributed by atoms with Gasteiger partial charge in [-0.3, -0.25) is 0 Å². The molecule has 0 bridgehead atoms. The van der Waals surface area contributed by atoms with Gasteiger partial charge in [-0.2, -0.15) is 0 Å². The van der Waals surface area contributed by atoms with E-state index in [-0.39, 0.29) is 5.82 Å². The molecule has 1 saturated carbocycles. The molecule has 0 radical (unpaired) electrons. The molecule has 1 aliphatic carbocycles. The van der Waals surface area contributed by atoms with E-state index >= 15 is 0 Å². The second kappa shape index (κ2) is 7.97. The lowest BCUT2D eigenvalue weighted by Gasteiger charge is -2.26. The van der Waals surface area contributed by atoms with Crippen molar-refractivity contribution in [2.45, 2.75) is 45.4 Å². The summed E-state index contributed by atoms with van der Waals surface area (Å²) in [7, 11) is 0. The monoisotopic (exact) mass is 308 g/mol. The molecule has 1 heteroatoms. The van der Waals surface area contributed by atoms with Gasteiger partial charge in [-0.25, -0.2) is 4.39 Å². The third-order valence-corrected chi connectivity index (χ3v) is 4.41. The predicted octanol–water partition coefficient (Wildman–Crippen LogP) is 6.16. The first-order valence-corrected chi connectivity index (χ1v) is 8.29. The average molecular weight is 308 g/mol. The van der Waals surface area contributed by atoms with Crippen LogP contribution in [0.3, 0.4) is 0 Å². The molecule has 1 aromatic carbocycles. The molecule has 0 nitrogen and oxygen atoms in total. The molecule has 1 fully saturated rings. The fourth-order valence-corrected chi connectivity index (χ4v) is 2.91. The Morgan fingerprint density at radius 1 is 1.17 bits per heavy atom. The summed E-state index contributed by atoms with van der Waals surface area (Å²) in [4.78, 5) is 0. The van der Waals surface area contributed by atoms with Crippen LogP contribution in [-0.4, -0.2) is 0 Å². The van der Waals surface area contributed by atoms with Gasteiger partial charge in [0.1, 0.15) is 5.82 Å². The number of rotatable bonds is 3. The Hall–Kier alpha value is -2.07. The zero-order chi connectivity index (χ0) is 16.8. The maximum atomic E-state index is 14.3. The molecule has 1 aliphatic rings. The summed E-state index contributed by atoms with van der Waals surface area (Å²) in [6.45, 7) is 11.8. The van der Waals surface area contributed by atoms with Crippen LogP contribution in [0.15, 0.2) is 54.7 Å². The summed E-state index contributed by atoms with van der Waals surface area (Å²) in [5.41, 5.74) is 3.13. The standard InChI is InChI=1S/C22H25F/c1-16(2)5-6-17(3)9-12-20-13-14-21(15-22(20)23)19-10-7-18(4)8-11-19/h5-6,13-15,18-19H,1,3,7-8,10-11H2,2,4H3/b6-5-. The fourth-order valence-electron chi connectivity index (χ4n) is 2.91. The Labute approximate surface area is 139 Å². The topological polar surface area (TPSA) is 0 Å². The minimum absolute atomic E-state index is 0.231. The fraction of sp³-hybridized carbons (Fsp3) is 0.364. The highest BCUT2D eigenvalue weighted by atomic mass is 19.1. The Bertz CT molecular complexity index is 674. The largest absolute Gasteiger partial charge is 0.206 e. The minimum atomic E-state index is -0.231. The van der Waals surface area contributed by atoms with E-state index in [4.69, 9.17) is 0 Å². The van der Waals surface area contributed by atoms with Crippen molar-refractivity contribution in [3.63, 3.8) is 0 Å². The first-order chi connectivity index (χ1) is 11.0. The van der Waals surface area contributed by atoms with Gasteiger partial charge < -0.3 is 0 Å².